The molecule has 0 saturated heterocycles. The van der Waals surface area contributed by atoms with Crippen molar-refractivity contribution in [2.45, 2.75) is 20.8 Å². The lowest BCUT2D eigenvalue weighted by atomic mass is 10.0. The smallest absolute Gasteiger partial charge is 0.213 e. The number of rotatable bonds is 5. The fourth-order valence-electron chi connectivity index (χ4n) is 2.71. The summed E-state index contributed by atoms with van der Waals surface area (Å²) < 4.78 is 0. The predicted octanol–water partition coefficient (Wildman–Crippen LogP) is 5.40. The minimum Gasteiger partial charge on any atom is -0.287 e. The van der Waals surface area contributed by atoms with Crippen LogP contribution in [0.5, 0.6) is 0 Å². The third-order valence-electron chi connectivity index (χ3n) is 4.52. The van der Waals surface area contributed by atoms with Gasteiger partial charge in [-0.3, -0.25) is 4.79 Å². The topological polar surface area (TPSA) is 41.8 Å². The lowest BCUT2D eigenvalue weighted by Gasteiger charge is -2.06. The van der Waals surface area contributed by atoms with Gasteiger partial charge in [0.15, 0.2) is 0 Å². The second-order valence-electron chi connectivity index (χ2n) is 6.49. The van der Waals surface area contributed by atoms with Crippen molar-refractivity contribution in [3.63, 3.8) is 0 Å². The summed E-state index contributed by atoms with van der Waals surface area (Å²) in [6.07, 6.45) is 0. The van der Waals surface area contributed by atoms with Crippen LogP contribution in [0.3, 0.4) is 0 Å². The molecule has 3 rings (SSSR count). The van der Waals surface area contributed by atoms with Gasteiger partial charge in [-0.2, -0.15) is 5.10 Å². The first-order valence-electron chi connectivity index (χ1n) is 8.91. The number of carbonyl (C=O) groups is 1. The van der Waals surface area contributed by atoms with Crippen LogP contribution in [-0.4, -0.2) is 17.2 Å². The Bertz CT molecular complexity index is 1000. The van der Waals surface area contributed by atoms with E-state index in [-0.39, 0.29) is 5.78 Å². The third-order valence-corrected chi connectivity index (χ3v) is 4.52. The van der Waals surface area contributed by atoms with Crippen molar-refractivity contribution >= 4 is 17.2 Å². The van der Waals surface area contributed by atoms with E-state index in [1.165, 1.54) is 11.1 Å². The van der Waals surface area contributed by atoms with Crippen LogP contribution in [-0.2, 0) is 0 Å². The molecule has 0 atom stereocenters. The maximum atomic E-state index is 13.0. The molecule has 0 saturated carbocycles. The molecule has 0 aliphatic heterocycles. The Balaban J connectivity index is 2.02. The lowest BCUT2D eigenvalue weighted by Crippen LogP contribution is -2.15. The summed E-state index contributed by atoms with van der Waals surface area (Å²) in [7, 11) is 0. The van der Waals surface area contributed by atoms with Crippen LogP contribution in [0.25, 0.3) is 0 Å². The van der Waals surface area contributed by atoms with Crippen molar-refractivity contribution in [3.8, 4) is 0 Å². The summed E-state index contributed by atoms with van der Waals surface area (Å²) in [6, 6.07) is 24.8. The second-order valence-corrected chi connectivity index (χ2v) is 6.49. The first kappa shape index (κ1) is 18.5. The Labute approximate surface area is 160 Å². The highest BCUT2D eigenvalue weighted by molar-refractivity contribution is 6.51. The summed E-state index contributed by atoms with van der Waals surface area (Å²) in [5.41, 5.74) is 5.90. The highest BCUT2D eigenvalue weighted by Gasteiger charge is 2.16. The molecule has 0 amide bonds. The molecule has 0 heterocycles. The van der Waals surface area contributed by atoms with E-state index in [1.54, 1.807) is 12.1 Å². The molecular weight excluding hydrogens is 332 g/mol. The minimum absolute atomic E-state index is 0.140. The van der Waals surface area contributed by atoms with Crippen LogP contribution in [0.1, 0.15) is 39.5 Å². The fraction of sp³-hybridized carbons (Fsp3) is 0.125. The molecule has 0 aliphatic carbocycles. The summed E-state index contributed by atoms with van der Waals surface area (Å²) in [6.45, 7) is 6.06. The number of aryl methyl sites for hydroxylation is 2. The molecule has 0 N–H and O–H groups in total. The first-order chi connectivity index (χ1) is 13.1. The van der Waals surface area contributed by atoms with Gasteiger partial charge in [-0.25, -0.2) is 0 Å². The van der Waals surface area contributed by atoms with Crippen LogP contribution in [0, 0.1) is 13.8 Å². The van der Waals surface area contributed by atoms with Crippen molar-refractivity contribution in [2.24, 2.45) is 10.2 Å². The van der Waals surface area contributed by atoms with Crippen molar-refractivity contribution < 1.29 is 4.79 Å². The number of hydrogen-bond acceptors (Lipinski definition) is 3. The van der Waals surface area contributed by atoms with Gasteiger partial charge in [0, 0.05) is 11.1 Å². The van der Waals surface area contributed by atoms with Gasteiger partial charge in [-0.1, -0.05) is 72.8 Å². The van der Waals surface area contributed by atoms with Gasteiger partial charge in [0.05, 0.1) is 5.71 Å². The fourth-order valence-corrected chi connectivity index (χ4v) is 2.71. The number of carbonyl (C=O) groups excluding carboxylic acids is 1. The van der Waals surface area contributed by atoms with E-state index >= 15 is 0 Å². The van der Waals surface area contributed by atoms with E-state index in [1.807, 2.05) is 61.5 Å². The Kier molecular flexibility index (Phi) is 5.72. The van der Waals surface area contributed by atoms with E-state index in [4.69, 9.17) is 0 Å². The summed E-state index contributed by atoms with van der Waals surface area (Å²) in [5.74, 6) is -0.140. The van der Waals surface area contributed by atoms with Gasteiger partial charge >= 0.3 is 0 Å². The molecule has 0 aliphatic rings. The third kappa shape index (κ3) is 4.45. The normalized spacial score (nSPS) is 12.1. The molecule has 0 radical (unpaired) electrons. The van der Waals surface area contributed by atoms with Crippen LogP contribution in [0.2, 0.25) is 0 Å². The highest BCUT2D eigenvalue weighted by atomic mass is 16.1. The van der Waals surface area contributed by atoms with Gasteiger partial charge < -0.3 is 0 Å². The zero-order valence-corrected chi connectivity index (χ0v) is 15.8. The van der Waals surface area contributed by atoms with E-state index in [0.29, 0.717) is 11.3 Å². The van der Waals surface area contributed by atoms with Gasteiger partial charge in [-0.05, 0) is 43.5 Å². The van der Waals surface area contributed by atoms with E-state index < -0.39 is 0 Å². The standard InChI is InChI=1S/C24H22N2O/c1-17-14-15-22(16-18(17)2)19(3)25-26-23(20-10-6-4-7-11-20)24(27)21-12-8-5-9-13-21/h4-16H,1-3H3. The number of ketones is 1. The lowest BCUT2D eigenvalue weighted by molar-refractivity contribution is 0.106. The zero-order chi connectivity index (χ0) is 19.2. The average Bonchev–Trinajstić information content (AvgIpc) is 2.71. The number of benzene rings is 3. The molecule has 0 spiro atoms. The average molecular weight is 354 g/mol. The van der Waals surface area contributed by atoms with Crippen LogP contribution in [0.15, 0.2) is 89.1 Å². The Morgan fingerprint density at radius 3 is 1.85 bits per heavy atom. The molecule has 0 aromatic heterocycles. The van der Waals surface area contributed by atoms with Gasteiger partial charge in [0.25, 0.3) is 0 Å². The van der Waals surface area contributed by atoms with Crippen molar-refractivity contribution in [3.05, 3.63) is 107 Å². The SMILES string of the molecule is CC(=NN=C(C(=O)c1ccccc1)c1ccccc1)c1ccc(C)c(C)c1. The Morgan fingerprint density at radius 1 is 0.667 bits per heavy atom. The van der Waals surface area contributed by atoms with Crippen LogP contribution < -0.4 is 0 Å². The highest BCUT2D eigenvalue weighted by Crippen LogP contribution is 2.13. The predicted molar refractivity (Wildman–Crippen MR) is 112 cm³/mol. The Morgan fingerprint density at radius 2 is 1.26 bits per heavy atom. The molecular formula is C24H22N2O. The van der Waals surface area contributed by atoms with Crippen molar-refractivity contribution in [2.75, 3.05) is 0 Å². The Hall–Kier alpha value is -3.33. The number of hydrogen-bond donors (Lipinski definition) is 0. The summed E-state index contributed by atoms with van der Waals surface area (Å²) >= 11 is 0. The number of nitrogens with zero attached hydrogens (tertiary/aromatic N) is 2. The first-order valence-corrected chi connectivity index (χ1v) is 8.91. The van der Waals surface area contributed by atoms with Crippen molar-refractivity contribution in [1.82, 2.24) is 0 Å². The van der Waals surface area contributed by atoms with E-state index in [9.17, 15) is 4.79 Å². The summed E-state index contributed by atoms with van der Waals surface area (Å²) in [4.78, 5) is 13.0. The largest absolute Gasteiger partial charge is 0.287 e. The molecule has 3 nitrogen and oxygen atoms in total. The molecule has 27 heavy (non-hydrogen) atoms. The van der Waals surface area contributed by atoms with E-state index in [0.717, 1.165) is 16.8 Å². The van der Waals surface area contributed by atoms with Gasteiger partial charge in [0.1, 0.15) is 5.71 Å². The zero-order valence-electron chi connectivity index (χ0n) is 15.8. The molecule has 134 valence electrons. The van der Waals surface area contributed by atoms with E-state index in [2.05, 4.69) is 36.2 Å². The van der Waals surface area contributed by atoms with Crippen LogP contribution in [0.4, 0.5) is 0 Å². The molecule has 3 aromatic rings. The molecule has 0 unspecified atom stereocenters. The second kappa shape index (κ2) is 8.37. The maximum absolute atomic E-state index is 13.0. The van der Waals surface area contributed by atoms with Crippen LogP contribution >= 0.6 is 0 Å². The quantitative estimate of drug-likeness (QED) is 0.344. The van der Waals surface area contributed by atoms with Gasteiger partial charge in [-0.15, -0.1) is 5.10 Å². The summed E-state index contributed by atoms with van der Waals surface area (Å²) in [5, 5.41) is 8.73. The van der Waals surface area contributed by atoms with Crippen molar-refractivity contribution in [1.29, 1.82) is 0 Å². The monoisotopic (exact) mass is 354 g/mol. The molecule has 0 bridgehead atoms. The molecule has 0 fully saturated rings. The molecule has 3 aromatic carbocycles. The minimum atomic E-state index is -0.140. The maximum Gasteiger partial charge on any atom is 0.213 e. The molecule has 3 heteroatoms. The van der Waals surface area contributed by atoms with Gasteiger partial charge in [0.2, 0.25) is 5.78 Å². The number of Topliss-reactive ketones (excluding diaryl/α,β-unsaturated/α-hetero) is 1.